The second-order valence-electron chi connectivity index (χ2n) is 6.16. The Kier molecular flexibility index (Phi) is 4.22. The molecule has 132 valence electrons. The van der Waals surface area contributed by atoms with E-state index in [0.717, 1.165) is 11.1 Å². The van der Waals surface area contributed by atoms with Crippen molar-refractivity contribution in [3.63, 3.8) is 0 Å². The Hall–Kier alpha value is -2.70. The van der Waals surface area contributed by atoms with E-state index in [9.17, 15) is 13.2 Å². The number of rotatable bonds is 3. The largest absolute Gasteiger partial charge is 0.423 e. The van der Waals surface area contributed by atoms with Crippen molar-refractivity contribution in [3.05, 3.63) is 82.7 Å². The van der Waals surface area contributed by atoms with Gasteiger partial charge in [0.05, 0.1) is 4.90 Å². The Bertz CT molecular complexity index is 1150. The van der Waals surface area contributed by atoms with Crippen LogP contribution in [0.4, 0.5) is 0 Å². The van der Waals surface area contributed by atoms with Gasteiger partial charge in [-0.15, -0.1) is 0 Å². The van der Waals surface area contributed by atoms with Crippen LogP contribution in [0.1, 0.15) is 12.0 Å². The van der Waals surface area contributed by atoms with Crippen molar-refractivity contribution in [2.75, 3.05) is 13.1 Å². The van der Waals surface area contributed by atoms with Crippen LogP contribution in [-0.4, -0.2) is 25.8 Å². The molecule has 0 aliphatic carbocycles. The second-order valence-corrected chi connectivity index (χ2v) is 8.10. The van der Waals surface area contributed by atoms with Gasteiger partial charge in [0, 0.05) is 24.5 Å². The minimum absolute atomic E-state index is 0.204. The molecule has 1 aromatic heterocycles. The van der Waals surface area contributed by atoms with Gasteiger partial charge in [0.15, 0.2) is 0 Å². The second kappa shape index (κ2) is 6.55. The Labute approximate surface area is 151 Å². The van der Waals surface area contributed by atoms with Crippen LogP contribution in [-0.2, 0) is 10.0 Å². The zero-order valence-electron chi connectivity index (χ0n) is 14.0. The van der Waals surface area contributed by atoms with Crippen molar-refractivity contribution < 1.29 is 12.8 Å². The lowest BCUT2D eigenvalue weighted by Gasteiger charge is -2.26. The summed E-state index contributed by atoms with van der Waals surface area (Å²) in [4.78, 5) is 11.5. The molecular weight excluding hydrogens is 350 g/mol. The van der Waals surface area contributed by atoms with E-state index < -0.39 is 15.6 Å². The topological polar surface area (TPSA) is 67.6 Å². The molecule has 0 fully saturated rings. The molecule has 0 saturated carbocycles. The number of nitrogens with zero attached hydrogens (tertiary/aromatic N) is 1. The zero-order chi connectivity index (χ0) is 18.1. The van der Waals surface area contributed by atoms with Crippen LogP contribution >= 0.6 is 0 Å². The minimum Gasteiger partial charge on any atom is -0.423 e. The maximum atomic E-state index is 12.9. The standard InChI is InChI=1S/C20H17NO4S/c22-20-9-6-17-14-18(7-8-19(17)25-20)26(23,24)21-12-10-16(11-13-21)15-4-2-1-3-5-15/h1-10,14H,11-13H2. The fourth-order valence-corrected chi connectivity index (χ4v) is 4.56. The average Bonchev–Trinajstić information content (AvgIpc) is 2.68. The summed E-state index contributed by atoms with van der Waals surface area (Å²) >= 11 is 0. The highest BCUT2D eigenvalue weighted by Gasteiger charge is 2.26. The van der Waals surface area contributed by atoms with Crippen LogP contribution in [0.2, 0.25) is 0 Å². The first-order valence-electron chi connectivity index (χ1n) is 8.32. The number of fused-ring (bicyclic) bond motifs is 1. The van der Waals surface area contributed by atoms with Gasteiger partial charge in [-0.1, -0.05) is 36.4 Å². The van der Waals surface area contributed by atoms with Crippen LogP contribution in [0.5, 0.6) is 0 Å². The van der Waals surface area contributed by atoms with E-state index in [2.05, 4.69) is 0 Å². The minimum atomic E-state index is -3.60. The van der Waals surface area contributed by atoms with Crippen LogP contribution in [0.25, 0.3) is 16.5 Å². The predicted molar refractivity (Wildman–Crippen MR) is 100 cm³/mol. The molecule has 0 N–H and O–H groups in total. The average molecular weight is 367 g/mol. The molecule has 0 radical (unpaired) electrons. The molecule has 0 atom stereocenters. The Morgan fingerprint density at radius 1 is 0.962 bits per heavy atom. The van der Waals surface area contributed by atoms with Crippen molar-refractivity contribution in [2.24, 2.45) is 0 Å². The highest BCUT2D eigenvalue weighted by Crippen LogP contribution is 2.27. The number of benzene rings is 2. The predicted octanol–water partition coefficient (Wildman–Crippen LogP) is 3.27. The van der Waals surface area contributed by atoms with Crippen LogP contribution in [0, 0.1) is 0 Å². The van der Waals surface area contributed by atoms with Crippen molar-refractivity contribution >= 4 is 26.6 Å². The van der Waals surface area contributed by atoms with E-state index in [4.69, 9.17) is 4.42 Å². The Balaban J connectivity index is 1.62. The highest BCUT2D eigenvalue weighted by molar-refractivity contribution is 7.89. The molecule has 2 heterocycles. The van der Waals surface area contributed by atoms with Crippen molar-refractivity contribution in [1.29, 1.82) is 0 Å². The van der Waals surface area contributed by atoms with Gasteiger partial charge in [0.25, 0.3) is 0 Å². The first-order chi connectivity index (χ1) is 12.5. The molecule has 0 unspecified atom stereocenters. The maximum absolute atomic E-state index is 12.9. The number of sulfonamides is 1. The third-order valence-corrected chi connectivity index (χ3v) is 6.41. The summed E-state index contributed by atoms with van der Waals surface area (Å²) in [6, 6.07) is 17.4. The fourth-order valence-electron chi connectivity index (χ4n) is 3.14. The van der Waals surface area contributed by atoms with Gasteiger partial charge < -0.3 is 4.42 Å². The summed E-state index contributed by atoms with van der Waals surface area (Å²) in [5, 5.41) is 0.586. The summed E-state index contributed by atoms with van der Waals surface area (Å²) < 4.78 is 32.4. The first kappa shape index (κ1) is 16.8. The molecule has 1 aliphatic heterocycles. The normalized spacial score (nSPS) is 15.8. The number of hydrogen-bond acceptors (Lipinski definition) is 4. The van der Waals surface area contributed by atoms with Crippen molar-refractivity contribution in [1.82, 2.24) is 4.31 Å². The molecule has 0 spiro atoms. The Morgan fingerprint density at radius 2 is 1.77 bits per heavy atom. The third kappa shape index (κ3) is 3.09. The van der Waals surface area contributed by atoms with Crippen LogP contribution in [0.3, 0.4) is 0 Å². The molecule has 1 aliphatic rings. The molecular formula is C20H17NO4S. The monoisotopic (exact) mass is 367 g/mol. The fraction of sp³-hybridized carbons (Fsp3) is 0.150. The SMILES string of the molecule is O=c1ccc2cc(S(=O)(=O)N3CC=C(c4ccccc4)CC3)ccc2o1. The highest BCUT2D eigenvalue weighted by atomic mass is 32.2. The van der Waals surface area contributed by atoms with Gasteiger partial charge in [-0.2, -0.15) is 4.31 Å². The van der Waals surface area contributed by atoms with Gasteiger partial charge in [-0.3, -0.25) is 0 Å². The molecule has 26 heavy (non-hydrogen) atoms. The van der Waals surface area contributed by atoms with Gasteiger partial charge in [0.2, 0.25) is 10.0 Å². The molecule has 4 rings (SSSR count). The lowest BCUT2D eigenvalue weighted by atomic mass is 10.0. The molecule has 0 bridgehead atoms. The van der Waals surface area contributed by atoms with Gasteiger partial charge >= 0.3 is 5.63 Å². The van der Waals surface area contributed by atoms with Crippen molar-refractivity contribution in [2.45, 2.75) is 11.3 Å². The van der Waals surface area contributed by atoms with Gasteiger partial charge in [-0.25, -0.2) is 13.2 Å². The maximum Gasteiger partial charge on any atom is 0.336 e. The van der Waals surface area contributed by atoms with E-state index in [1.807, 2.05) is 36.4 Å². The molecule has 3 aromatic rings. The van der Waals surface area contributed by atoms with Gasteiger partial charge in [0.1, 0.15) is 5.58 Å². The van der Waals surface area contributed by atoms with E-state index in [1.165, 1.54) is 22.5 Å². The molecule has 0 amide bonds. The molecule has 6 heteroatoms. The van der Waals surface area contributed by atoms with E-state index >= 15 is 0 Å². The number of hydrogen-bond donors (Lipinski definition) is 0. The van der Waals surface area contributed by atoms with E-state index in [1.54, 1.807) is 12.1 Å². The van der Waals surface area contributed by atoms with E-state index in [0.29, 0.717) is 30.5 Å². The summed E-state index contributed by atoms with van der Waals surface area (Å²) in [6.07, 6.45) is 2.64. The Morgan fingerprint density at radius 3 is 2.50 bits per heavy atom. The summed E-state index contributed by atoms with van der Waals surface area (Å²) in [6.45, 7) is 0.777. The summed E-state index contributed by atoms with van der Waals surface area (Å²) in [7, 11) is -3.60. The molecule has 0 saturated heterocycles. The quantitative estimate of drug-likeness (QED) is 0.667. The summed E-state index contributed by atoms with van der Waals surface area (Å²) in [5.41, 5.74) is 2.21. The smallest absolute Gasteiger partial charge is 0.336 e. The van der Waals surface area contributed by atoms with Crippen LogP contribution < -0.4 is 5.63 Å². The zero-order valence-corrected chi connectivity index (χ0v) is 14.8. The molecule has 5 nitrogen and oxygen atoms in total. The first-order valence-corrected chi connectivity index (χ1v) is 9.76. The van der Waals surface area contributed by atoms with Crippen LogP contribution in [0.15, 0.2) is 80.8 Å². The molecule has 2 aromatic carbocycles. The van der Waals surface area contributed by atoms with E-state index in [-0.39, 0.29) is 4.90 Å². The van der Waals surface area contributed by atoms with Gasteiger partial charge in [-0.05, 0) is 41.8 Å². The third-order valence-electron chi connectivity index (χ3n) is 4.54. The van der Waals surface area contributed by atoms with Crippen molar-refractivity contribution in [3.8, 4) is 0 Å². The summed E-state index contributed by atoms with van der Waals surface area (Å²) in [5.74, 6) is 0. The lowest BCUT2D eigenvalue weighted by molar-refractivity contribution is 0.441. The lowest BCUT2D eigenvalue weighted by Crippen LogP contribution is -2.34.